The van der Waals surface area contributed by atoms with Crippen molar-refractivity contribution in [1.82, 2.24) is 4.90 Å². The van der Waals surface area contributed by atoms with E-state index in [1.807, 2.05) is 30.3 Å². The van der Waals surface area contributed by atoms with Gasteiger partial charge in [-0.05, 0) is 47.3 Å². The van der Waals surface area contributed by atoms with Crippen LogP contribution < -0.4 is 0 Å². The molecule has 3 atom stereocenters. The normalized spacial score (nSPS) is 17.4. The van der Waals surface area contributed by atoms with E-state index in [1.54, 1.807) is 13.0 Å². The number of furan rings is 1. The van der Waals surface area contributed by atoms with E-state index in [1.165, 1.54) is 6.92 Å². The van der Waals surface area contributed by atoms with Gasteiger partial charge >= 0.3 is 12.1 Å². The summed E-state index contributed by atoms with van der Waals surface area (Å²) in [5.41, 5.74) is 0.780. The highest BCUT2D eigenvalue weighted by Crippen LogP contribution is 2.37. The Balaban J connectivity index is 1.79. The van der Waals surface area contributed by atoms with Crippen molar-refractivity contribution in [3.63, 3.8) is 0 Å². The van der Waals surface area contributed by atoms with E-state index >= 15 is 0 Å². The van der Waals surface area contributed by atoms with Crippen LogP contribution in [0.1, 0.15) is 68.8 Å². The fraction of sp³-hybridized carbons (Fsp3) is 0.480. The lowest BCUT2D eigenvalue weighted by Crippen LogP contribution is -2.40. The second-order valence-corrected chi connectivity index (χ2v) is 9.19. The first-order valence-electron chi connectivity index (χ1n) is 11.4. The maximum absolute atomic E-state index is 13.5. The molecule has 1 aliphatic heterocycles. The van der Waals surface area contributed by atoms with Crippen LogP contribution >= 0.6 is 15.9 Å². The number of nitrogens with zero attached hydrogens (tertiary/aromatic N) is 1. The van der Waals surface area contributed by atoms with Gasteiger partial charge in [-0.15, -0.1) is 0 Å². The average molecular weight is 536 g/mol. The number of rotatable bonds is 11. The second kappa shape index (κ2) is 12.2. The molecule has 1 aromatic heterocycles. The molecule has 1 aliphatic rings. The summed E-state index contributed by atoms with van der Waals surface area (Å²) in [6, 6.07) is 10.3. The van der Waals surface area contributed by atoms with Crippen LogP contribution in [0.2, 0.25) is 0 Å². The number of aryl methyl sites for hydroxylation is 1. The number of aliphatic hydroxyl groups is 1. The number of carbonyl (C=O) groups excluding carboxylic acids is 3. The SMILES string of the molecule is CC(=O)OC(c1cc(Br)c(CCCCCCO)o1)C(C)C(=O)N1C(=O)OCC1c1ccccc1. The number of benzene rings is 1. The number of aliphatic hydroxyl groups excluding tert-OH is 1. The number of imide groups is 1. The van der Waals surface area contributed by atoms with Crippen molar-refractivity contribution in [2.75, 3.05) is 13.2 Å². The number of esters is 1. The molecular formula is C25H30BrNO7. The molecule has 0 saturated carbocycles. The lowest BCUT2D eigenvalue weighted by Gasteiger charge is -2.27. The van der Waals surface area contributed by atoms with Crippen LogP contribution in [0, 0.1) is 5.92 Å². The van der Waals surface area contributed by atoms with Gasteiger partial charge < -0.3 is 19.0 Å². The first kappa shape index (κ1) is 26.0. The maximum atomic E-state index is 13.5. The van der Waals surface area contributed by atoms with Crippen LogP contribution in [0.5, 0.6) is 0 Å². The molecule has 34 heavy (non-hydrogen) atoms. The molecule has 184 valence electrons. The minimum absolute atomic E-state index is 0.0618. The quantitative estimate of drug-likeness (QED) is 0.315. The van der Waals surface area contributed by atoms with Gasteiger partial charge in [0.2, 0.25) is 5.91 Å². The Kier molecular flexibility index (Phi) is 9.29. The van der Waals surface area contributed by atoms with Crippen molar-refractivity contribution in [2.24, 2.45) is 5.92 Å². The third-order valence-corrected chi connectivity index (χ3v) is 6.47. The molecule has 0 bridgehead atoms. The molecule has 9 heteroatoms. The first-order valence-corrected chi connectivity index (χ1v) is 12.2. The highest BCUT2D eigenvalue weighted by molar-refractivity contribution is 9.10. The van der Waals surface area contributed by atoms with Crippen LogP contribution in [-0.2, 0) is 25.5 Å². The molecule has 8 nitrogen and oxygen atoms in total. The van der Waals surface area contributed by atoms with Crippen LogP contribution in [0.25, 0.3) is 0 Å². The van der Waals surface area contributed by atoms with E-state index in [0.717, 1.165) is 40.6 Å². The van der Waals surface area contributed by atoms with Gasteiger partial charge in [-0.25, -0.2) is 9.69 Å². The molecule has 1 saturated heterocycles. The van der Waals surface area contributed by atoms with Crippen molar-refractivity contribution >= 4 is 33.9 Å². The van der Waals surface area contributed by atoms with Crippen molar-refractivity contribution in [1.29, 1.82) is 0 Å². The molecule has 0 spiro atoms. The predicted molar refractivity (Wildman–Crippen MR) is 127 cm³/mol. The van der Waals surface area contributed by atoms with Gasteiger partial charge in [-0.2, -0.15) is 0 Å². The Morgan fingerprint density at radius 3 is 2.59 bits per heavy atom. The molecule has 2 heterocycles. The van der Waals surface area contributed by atoms with Crippen molar-refractivity contribution in [3.8, 4) is 0 Å². The number of hydrogen-bond donors (Lipinski definition) is 1. The summed E-state index contributed by atoms with van der Waals surface area (Å²) < 4.78 is 17.4. The lowest BCUT2D eigenvalue weighted by molar-refractivity contribution is -0.154. The molecule has 1 aromatic carbocycles. The highest BCUT2D eigenvalue weighted by atomic mass is 79.9. The fourth-order valence-corrected chi connectivity index (χ4v) is 4.51. The summed E-state index contributed by atoms with van der Waals surface area (Å²) in [7, 11) is 0. The van der Waals surface area contributed by atoms with E-state index in [4.69, 9.17) is 19.0 Å². The van der Waals surface area contributed by atoms with Crippen molar-refractivity contribution in [3.05, 3.63) is 58.0 Å². The molecule has 0 radical (unpaired) electrons. The van der Waals surface area contributed by atoms with E-state index in [2.05, 4.69) is 15.9 Å². The van der Waals surface area contributed by atoms with Gasteiger partial charge in [0, 0.05) is 20.0 Å². The minimum atomic E-state index is -1.01. The van der Waals surface area contributed by atoms with E-state index in [0.29, 0.717) is 17.9 Å². The Morgan fingerprint density at radius 2 is 1.91 bits per heavy atom. The van der Waals surface area contributed by atoms with Gasteiger partial charge in [0.05, 0.1) is 10.4 Å². The second-order valence-electron chi connectivity index (χ2n) is 8.34. The number of amides is 2. The Hall–Kier alpha value is -2.65. The van der Waals surface area contributed by atoms with Crippen LogP contribution in [0.3, 0.4) is 0 Å². The third kappa shape index (κ3) is 6.27. The Bertz CT molecular complexity index is 990. The van der Waals surface area contributed by atoms with Gasteiger partial charge in [0.15, 0.2) is 6.10 Å². The summed E-state index contributed by atoms with van der Waals surface area (Å²) in [6.45, 7) is 3.11. The summed E-state index contributed by atoms with van der Waals surface area (Å²) in [6.07, 6.45) is 2.44. The van der Waals surface area contributed by atoms with E-state index in [9.17, 15) is 14.4 Å². The third-order valence-electron chi connectivity index (χ3n) is 5.80. The zero-order valence-electron chi connectivity index (χ0n) is 19.4. The number of cyclic esters (lactones) is 1. The lowest BCUT2D eigenvalue weighted by atomic mass is 9.98. The van der Waals surface area contributed by atoms with Crippen molar-refractivity contribution < 1.29 is 33.4 Å². The minimum Gasteiger partial charge on any atom is -0.461 e. The molecule has 3 rings (SSSR count). The topological polar surface area (TPSA) is 106 Å². The van der Waals surface area contributed by atoms with Gasteiger partial charge in [0.1, 0.15) is 24.2 Å². The molecule has 3 unspecified atom stereocenters. The van der Waals surface area contributed by atoms with Crippen LogP contribution in [0.15, 0.2) is 45.3 Å². The monoisotopic (exact) mass is 535 g/mol. The zero-order chi connectivity index (χ0) is 24.7. The van der Waals surface area contributed by atoms with Gasteiger partial charge in [-0.1, -0.05) is 43.2 Å². The van der Waals surface area contributed by atoms with E-state index in [-0.39, 0.29) is 13.2 Å². The highest BCUT2D eigenvalue weighted by Gasteiger charge is 2.44. The largest absolute Gasteiger partial charge is 0.461 e. The number of halogens is 1. The van der Waals surface area contributed by atoms with Crippen LogP contribution in [0.4, 0.5) is 4.79 Å². The fourth-order valence-electron chi connectivity index (χ4n) is 4.01. The first-order chi connectivity index (χ1) is 16.3. The predicted octanol–water partition coefficient (Wildman–Crippen LogP) is 5.10. The Labute approximate surface area is 207 Å². The molecule has 1 fully saturated rings. The smallest absolute Gasteiger partial charge is 0.417 e. The average Bonchev–Trinajstić information content (AvgIpc) is 3.39. The standard InChI is InChI=1S/C25H30BrNO7/c1-16(24(30)27-20(15-32-25(27)31)18-10-6-5-7-11-18)23(33-17(2)29)22-14-19(26)21(34-22)12-8-3-4-9-13-28/h5-7,10-11,14,16,20,23,28H,3-4,8-9,12-13,15H2,1-2H3. The summed E-state index contributed by atoms with van der Waals surface area (Å²) in [5.74, 6) is -0.945. The Morgan fingerprint density at radius 1 is 1.21 bits per heavy atom. The summed E-state index contributed by atoms with van der Waals surface area (Å²) >= 11 is 3.49. The van der Waals surface area contributed by atoms with Gasteiger partial charge in [0.25, 0.3) is 0 Å². The number of hydrogen-bond acceptors (Lipinski definition) is 7. The molecular weight excluding hydrogens is 506 g/mol. The van der Waals surface area contributed by atoms with Crippen LogP contribution in [-0.4, -0.2) is 41.2 Å². The molecule has 2 aromatic rings. The molecule has 0 aliphatic carbocycles. The number of ether oxygens (including phenoxy) is 2. The zero-order valence-corrected chi connectivity index (χ0v) is 21.0. The summed E-state index contributed by atoms with van der Waals surface area (Å²) in [5, 5.41) is 8.91. The summed E-state index contributed by atoms with van der Waals surface area (Å²) in [4.78, 5) is 38.9. The maximum Gasteiger partial charge on any atom is 0.417 e. The van der Waals surface area contributed by atoms with E-state index < -0.39 is 36.0 Å². The number of unbranched alkanes of at least 4 members (excludes halogenated alkanes) is 3. The van der Waals surface area contributed by atoms with Gasteiger partial charge in [-0.3, -0.25) is 9.59 Å². The molecule has 2 amide bonds. The van der Waals surface area contributed by atoms with Crippen molar-refractivity contribution in [2.45, 2.75) is 58.1 Å². The number of carbonyl (C=O) groups is 3. The molecule has 1 N–H and O–H groups in total.